The maximum absolute atomic E-state index is 5.96. The maximum atomic E-state index is 5.96. The van der Waals surface area contributed by atoms with Gasteiger partial charge in [-0.25, -0.2) is 4.98 Å². The summed E-state index contributed by atoms with van der Waals surface area (Å²) in [6, 6.07) is 11.6. The van der Waals surface area contributed by atoms with Crippen LogP contribution in [0.4, 0.5) is 11.5 Å². The highest BCUT2D eigenvalue weighted by Crippen LogP contribution is 2.22. The molecule has 0 saturated carbocycles. The van der Waals surface area contributed by atoms with Gasteiger partial charge in [0.1, 0.15) is 5.82 Å². The Hall–Kier alpha value is -1.74. The van der Waals surface area contributed by atoms with Crippen LogP contribution in [0.5, 0.6) is 0 Å². The van der Waals surface area contributed by atoms with Crippen LogP contribution in [0.25, 0.3) is 0 Å². The molecule has 1 aromatic heterocycles. The zero-order valence-electron chi connectivity index (χ0n) is 9.52. The lowest BCUT2D eigenvalue weighted by Crippen LogP contribution is -2.07. The van der Waals surface area contributed by atoms with E-state index in [0.717, 1.165) is 16.3 Å². The molecule has 17 heavy (non-hydrogen) atoms. The average Bonchev–Trinajstić information content (AvgIpc) is 2.29. The maximum Gasteiger partial charge on any atom is 0.125 e. The first-order valence-electron chi connectivity index (χ1n) is 5.38. The predicted molar refractivity (Wildman–Crippen MR) is 72.1 cm³/mol. The van der Waals surface area contributed by atoms with Gasteiger partial charge in [0.05, 0.1) is 0 Å². The second-order valence-corrected chi connectivity index (χ2v) is 4.33. The lowest BCUT2D eigenvalue weighted by Gasteiger charge is -2.16. The van der Waals surface area contributed by atoms with E-state index in [4.69, 9.17) is 17.3 Å². The molecule has 0 aliphatic rings. The van der Waals surface area contributed by atoms with Crippen molar-refractivity contribution in [3.8, 4) is 0 Å². The summed E-state index contributed by atoms with van der Waals surface area (Å²) >= 11 is 5.96. The van der Waals surface area contributed by atoms with Gasteiger partial charge in [-0.15, -0.1) is 0 Å². The summed E-state index contributed by atoms with van der Waals surface area (Å²) in [6.45, 7) is 2.07. The number of rotatable bonds is 3. The fraction of sp³-hybridized carbons (Fsp3) is 0.154. The Morgan fingerprint density at radius 2 is 2.12 bits per heavy atom. The third-order valence-electron chi connectivity index (χ3n) is 2.51. The molecule has 1 aromatic carbocycles. The van der Waals surface area contributed by atoms with E-state index in [1.54, 1.807) is 12.3 Å². The van der Waals surface area contributed by atoms with Gasteiger partial charge in [-0.1, -0.05) is 23.7 Å². The lowest BCUT2D eigenvalue weighted by atomic mass is 10.1. The third-order valence-corrected chi connectivity index (χ3v) is 2.75. The van der Waals surface area contributed by atoms with Crippen molar-refractivity contribution in [2.45, 2.75) is 13.0 Å². The van der Waals surface area contributed by atoms with Crippen molar-refractivity contribution in [3.63, 3.8) is 0 Å². The van der Waals surface area contributed by atoms with Crippen LogP contribution < -0.4 is 11.1 Å². The molecule has 0 aliphatic carbocycles. The van der Waals surface area contributed by atoms with E-state index in [9.17, 15) is 0 Å². The summed E-state index contributed by atoms with van der Waals surface area (Å²) in [7, 11) is 0. The number of aromatic nitrogens is 1. The Bertz CT molecular complexity index is 514. The Morgan fingerprint density at radius 1 is 1.29 bits per heavy atom. The first-order valence-corrected chi connectivity index (χ1v) is 5.76. The van der Waals surface area contributed by atoms with E-state index < -0.39 is 0 Å². The van der Waals surface area contributed by atoms with Gasteiger partial charge in [0.25, 0.3) is 0 Å². The molecular weight excluding hydrogens is 234 g/mol. The molecule has 1 unspecified atom stereocenters. The van der Waals surface area contributed by atoms with Crippen molar-refractivity contribution in [1.29, 1.82) is 0 Å². The van der Waals surface area contributed by atoms with Crippen molar-refractivity contribution in [2.75, 3.05) is 11.1 Å². The molecule has 0 spiro atoms. The van der Waals surface area contributed by atoms with Crippen LogP contribution in [0.1, 0.15) is 18.5 Å². The monoisotopic (exact) mass is 247 g/mol. The number of pyridine rings is 1. The number of benzene rings is 1. The van der Waals surface area contributed by atoms with E-state index in [0.29, 0.717) is 5.82 Å². The third kappa shape index (κ3) is 3.11. The second kappa shape index (κ2) is 5.06. The summed E-state index contributed by atoms with van der Waals surface area (Å²) in [5.74, 6) is 0.508. The van der Waals surface area contributed by atoms with Crippen LogP contribution >= 0.6 is 11.6 Å². The smallest absolute Gasteiger partial charge is 0.125 e. The van der Waals surface area contributed by atoms with Gasteiger partial charge in [0, 0.05) is 29.0 Å². The van der Waals surface area contributed by atoms with E-state index >= 15 is 0 Å². The van der Waals surface area contributed by atoms with E-state index in [1.165, 1.54) is 0 Å². The van der Waals surface area contributed by atoms with Crippen LogP contribution in [0.2, 0.25) is 5.02 Å². The highest BCUT2D eigenvalue weighted by Gasteiger charge is 2.05. The van der Waals surface area contributed by atoms with Crippen LogP contribution in [0.15, 0.2) is 42.6 Å². The lowest BCUT2D eigenvalue weighted by molar-refractivity contribution is 0.884. The SMILES string of the molecule is CC(Nc1ccnc(N)c1)c1cccc(Cl)c1. The number of nitrogen functional groups attached to an aromatic ring is 1. The summed E-state index contributed by atoms with van der Waals surface area (Å²) in [6.07, 6.45) is 1.68. The molecule has 3 N–H and O–H groups in total. The van der Waals surface area contributed by atoms with Crippen LogP contribution in [0.3, 0.4) is 0 Å². The second-order valence-electron chi connectivity index (χ2n) is 3.89. The minimum absolute atomic E-state index is 0.162. The molecule has 3 nitrogen and oxygen atoms in total. The molecule has 2 rings (SSSR count). The van der Waals surface area contributed by atoms with E-state index in [2.05, 4.69) is 17.2 Å². The number of anilines is 2. The van der Waals surface area contributed by atoms with Crippen LogP contribution in [-0.4, -0.2) is 4.98 Å². The summed E-state index contributed by atoms with van der Waals surface area (Å²) < 4.78 is 0. The van der Waals surface area contributed by atoms with Crippen molar-refractivity contribution < 1.29 is 0 Å². The number of nitrogens with two attached hydrogens (primary N) is 1. The van der Waals surface area contributed by atoms with Gasteiger partial charge in [0.15, 0.2) is 0 Å². The van der Waals surface area contributed by atoms with Gasteiger partial charge < -0.3 is 11.1 Å². The average molecular weight is 248 g/mol. The fourth-order valence-electron chi connectivity index (χ4n) is 1.65. The fourth-order valence-corrected chi connectivity index (χ4v) is 1.85. The van der Waals surface area contributed by atoms with Crippen molar-refractivity contribution >= 4 is 23.1 Å². The molecule has 88 valence electrons. The molecular formula is C13H14ClN3. The summed E-state index contributed by atoms with van der Waals surface area (Å²) in [5, 5.41) is 4.09. The van der Waals surface area contributed by atoms with Crippen molar-refractivity contribution in [2.24, 2.45) is 0 Å². The van der Waals surface area contributed by atoms with Crippen molar-refractivity contribution in [3.05, 3.63) is 53.2 Å². The van der Waals surface area contributed by atoms with Gasteiger partial charge in [-0.3, -0.25) is 0 Å². The molecule has 1 atom stereocenters. The topological polar surface area (TPSA) is 50.9 Å². The minimum atomic E-state index is 0.162. The molecule has 2 aromatic rings. The van der Waals surface area contributed by atoms with Gasteiger partial charge in [-0.2, -0.15) is 0 Å². The number of halogens is 1. The molecule has 0 amide bonds. The number of hydrogen-bond donors (Lipinski definition) is 2. The Morgan fingerprint density at radius 3 is 2.82 bits per heavy atom. The van der Waals surface area contributed by atoms with Crippen LogP contribution in [-0.2, 0) is 0 Å². The first kappa shape index (κ1) is 11.7. The molecule has 0 aliphatic heterocycles. The first-order chi connectivity index (χ1) is 8.15. The molecule has 0 saturated heterocycles. The van der Waals surface area contributed by atoms with Crippen LogP contribution in [0, 0.1) is 0 Å². The van der Waals surface area contributed by atoms with E-state index in [1.807, 2.05) is 30.3 Å². The number of nitrogens with one attached hydrogen (secondary N) is 1. The highest BCUT2D eigenvalue weighted by molar-refractivity contribution is 6.30. The number of hydrogen-bond acceptors (Lipinski definition) is 3. The zero-order valence-corrected chi connectivity index (χ0v) is 10.3. The number of nitrogens with zero attached hydrogens (tertiary/aromatic N) is 1. The molecule has 0 radical (unpaired) electrons. The molecule has 1 heterocycles. The Balaban J connectivity index is 2.14. The summed E-state index contributed by atoms with van der Waals surface area (Å²) in [4.78, 5) is 3.95. The highest BCUT2D eigenvalue weighted by atomic mass is 35.5. The predicted octanol–water partition coefficient (Wildman–Crippen LogP) is 3.49. The van der Waals surface area contributed by atoms with E-state index in [-0.39, 0.29) is 6.04 Å². The van der Waals surface area contributed by atoms with Gasteiger partial charge in [-0.05, 0) is 30.7 Å². The molecule has 4 heteroatoms. The quantitative estimate of drug-likeness (QED) is 0.873. The minimum Gasteiger partial charge on any atom is -0.384 e. The molecule has 0 fully saturated rings. The van der Waals surface area contributed by atoms with Gasteiger partial charge in [0.2, 0.25) is 0 Å². The largest absolute Gasteiger partial charge is 0.384 e. The standard InChI is InChI=1S/C13H14ClN3/c1-9(10-3-2-4-11(14)7-10)17-12-5-6-16-13(15)8-12/h2-9H,1H3,(H3,15,16,17). The normalized spacial score (nSPS) is 12.1. The van der Waals surface area contributed by atoms with Gasteiger partial charge >= 0.3 is 0 Å². The summed E-state index contributed by atoms with van der Waals surface area (Å²) in [5.41, 5.74) is 7.71. The zero-order chi connectivity index (χ0) is 12.3. The Kier molecular flexibility index (Phi) is 3.49. The Labute approximate surface area is 106 Å². The van der Waals surface area contributed by atoms with Crippen molar-refractivity contribution in [1.82, 2.24) is 4.98 Å². The molecule has 0 bridgehead atoms.